The number of nitrogens with zero attached hydrogens (tertiary/aromatic N) is 3. The van der Waals surface area contributed by atoms with Crippen LogP contribution in [0.15, 0.2) is 18.2 Å². The summed E-state index contributed by atoms with van der Waals surface area (Å²) in [5.41, 5.74) is 8.74. The Morgan fingerprint density at radius 1 is 1.29 bits per heavy atom. The lowest BCUT2D eigenvalue weighted by molar-refractivity contribution is 0.712. The minimum Gasteiger partial charge on any atom is -0.399 e. The molecule has 0 aliphatic carbocycles. The van der Waals surface area contributed by atoms with Crippen molar-refractivity contribution < 1.29 is 0 Å². The van der Waals surface area contributed by atoms with E-state index in [0.29, 0.717) is 5.92 Å². The van der Waals surface area contributed by atoms with Gasteiger partial charge in [-0.3, -0.25) is 0 Å². The van der Waals surface area contributed by atoms with Crippen LogP contribution in [0.2, 0.25) is 0 Å². The summed E-state index contributed by atoms with van der Waals surface area (Å²) in [6, 6.07) is 5.94. The number of hydrogen-bond acceptors (Lipinski definition) is 3. The Kier molecular flexibility index (Phi) is 2.88. The van der Waals surface area contributed by atoms with E-state index in [1.807, 2.05) is 36.9 Å². The second kappa shape index (κ2) is 4.20. The lowest BCUT2D eigenvalue weighted by Gasteiger charge is -2.03. The van der Waals surface area contributed by atoms with E-state index in [-0.39, 0.29) is 0 Å². The van der Waals surface area contributed by atoms with Crippen molar-refractivity contribution in [3.8, 4) is 11.4 Å². The van der Waals surface area contributed by atoms with Crippen LogP contribution < -0.4 is 5.73 Å². The van der Waals surface area contributed by atoms with E-state index < -0.39 is 0 Å². The van der Waals surface area contributed by atoms with Crippen molar-refractivity contribution in [3.05, 3.63) is 29.6 Å². The van der Waals surface area contributed by atoms with Gasteiger partial charge >= 0.3 is 0 Å². The molecular weight excluding hydrogens is 212 g/mol. The SMILES string of the molecule is Cc1cc(-c2nc(C(C)C)nn2C)ccc1N. The molecule has 0 unspecified atom stereocenters. The highest BCUT2D eigenvalue weighted by Gasteiger charge is 2.12. The van der Waals surface area contributed by atoms with Crippen LogP contribution in [0.1, 0.15) is 31.2 Å². The maximum Gasteiger partial charge on any atom is 0.158 e. The average molecular weight is 230 g/mol. The summed E-state index contributed by atoms with van der Waals surface area (Å²) < 4.78 is 1.82. The van der Waals surface area contributed by atoms with Crippen LogP contribution in [-0.2, 0) is 7.05 Å². The van der Waals surface area contributed by atoms with Crippen LogP contribution in [0.4, 0.5) is 5.69 Å². The Morgan fingerprint density at radius 2 is 2.00 bits per heavy atom. The number of benzene rings is 1. The lowest BCUT2D eigenvalue weighted by atomic mass is 10.1. The maximum absolute atomic E-state index is 5.82. The number of nitrogen functional groups attached to an aromatic ring is 1. The molecule has 2 N–H and O–H groups in total. The van der Waals surface area contributed by atoms with E-state index in [9.17, 15) is 0 Å². The Bertz CT molecular complexity index is 540. The summed E-state index contributed by atoms with van der Waals surface area (Å²) in [5.74, 6) is 2.10. The number of anilines is 1. The first kappa shape index (κ1) is 11.6. The molecule has 0 aliphatic heterocycles. The van der Waals surface area contributed by atoms with Crippen molar-refractivity contribution in [2.24, 2.45) is 7.05 Å². The fourth-order valence-corrected chi connectivity index (χ4v) is 1.72. The topological polar surface area (TPSA) is 56.7 Å². The van der Waals surface area contributed by atoms with Gasteiger partial charge in [0.2, 0.25) is 0 Å². The maximum atomic E-state index is 5.82. The zero-order chi connectivity index (χ0) is 12.6. The van der Waals surface area contributed by atoms with Crippen molar-refractivity contribution in [1.29, 1.82) is 0 Å². The average Bonchev–Trinajstić information content (AvgIpc) is 2.65. The molecular formula is C13H18N4. The smallest absolute Gasteiger partial charge is 0.158 e. The molecule has 1 heterocycles. The molecule has 1 aromatic carbocycles. The predicted octanol–water partition coefficient (Wildman–Crippen LogP) is 2.50. The van der Waals surface area contributed by atoms with Gasteiger partial charge in [-0.15, -0.1) is 0 Å². The number of rotatable bonds is 2. The number of aromatic nitrogens is 3. The highest BCUT2D eigenvalue weighted by Crippen LogP contribution is 2.23. The van der Waals surface area contributed by atoms with E-state index in [0.717, 1.165) is 28.5 Å². The van der Waals surface area contributed by atoms with E-state index in [1.54, 1.807) is 0 Å². The van der Waals surface area contributed by atoms with E-state index in [2.05, 4.69) is 23.9 Å². The number of aryl methyl sites for hydroxylation is 2. The fourth-order valence-electron chi connectivity index (χ4n) is 1.72. The molecule has 0 radical (unpaired) electrons. The van der Waals surface area contributed by atoms with Gasteiger partial charge in [-0.2, -0.15) is 5.10 Å². The molecule has 2 rings (SSSR count). The number of nitrogens with two attached hydrogens (primary N) is 1. The Labute approximate surface area is 101 Å². The van der Waals surface area contributed by atoms with Crippen LogP contribution in [0.25, 0.3) is 11.4 Å². The largest absolute Gasteiger partial charge is 0.399 e. The summed E-state index contributed by atoms with van der Waals surface area (Å²) in [6.07, 6.45) is 0. The minimum atomic E-state index is 0.338. The summed E-state index contributed by atoms with van der Waals surface area (Å²) in [6.45, 7) is 6.18. The summed E-state index contributed by atoms with van der Waals surface area (Å²) in [5, 5.41) is 4.41. The molecule has 0 spiro atoms. The van der Waals surface area contributed by atoms with Gasteiger partial charge in [0.15, 0.2) is 11.6 Å². The molecule has 17 heavy (non-hydrogen) atoms. The van der Waals surface area contributed by atoms with Crippen molar-refractivity contribution in [2.45, 2.75) is 26.7 Å². The molecule has 0 aliphatic rings. The molecule has 0 fully saturated rings. The summed E-state index contributed by atoms with van der Waals surface area (Å²) in [4.78, 5) is 4.56. The molecule has 2 aromatic rings. The standard InChI is InChI=1S/C13H18N4/c1-8(2)12-15-13(17(4)16-12)10-5-6-11(14)9(3)7-10/h5-8H,14H2,1-4H3. The van der Waals surface area contributed by atoms with Gasteiger partial charge in [0.25, 0.3) is 0 Å². The highest BCUT2D eigenvalue weighted by molar-refractivity contribution is 5.62. The van der Waals surface area contributed by atoms with E-state index in [1.165, 1.54) is 0 Å². The molecule has 0 saturated carbocycles. The Morgan fingerprint density at radius 3 is 2.53 bits per heavy atom. The summed E-state index contributed by atoms with van der Waals surface area (Å²) >= 11 is 0. The molecule has 4 nitrogen and oxygen atoms in total. The second-order valence-corrected chi connectivity index (χ2v) is 4.64. The summed E-state index contributed by atoms with van der Waals surface area (Å²) in [7, 11) is 1.92. The van der Waals surface area contributed by atoms with Gasteiger partial charge in [-0.25, -0.2) is 9.67 Å². The quantitative estimate of drug-likeness (QED) is 0.806. The monoisotopic (exact) mass is 230 g/mol. The first-order valence-electron chi connectivity index (χ1n) is 5.76. The third kappa shape index (κ3) is 2.16. The molecule has 0 atom stereocenters. The van der Waals surface area contributed by atoms with Crippen LogP contribution in [0.3, 0.4) is 0 Å². The zero-order valence-electron chi connectivity index (χ0n) is 10.7. The molecule has 0 saturated heterocycles. The Hall–Kier alpha value is -1.84. The third-order valence-corrected chi connectivity index (χ3v) is 2.82. The lowest BCUT2D eigenvalue weighted by Crippen LogP contribution is -1.96. The van der Waals surface area contributed by atoms with Crippen molar-refractivity contribution >= 4 is 5.69 Å². The molecule has 4 heteroatoms. The van der Waals surface area contributed by atoms with Crippen molar-refractivity contribution in [1.82, 2.24) is 14.8 Å². The van der Waals surface area contributed by atoms with Crippen LogP contribution in [0, 0.1) is 6.92 Å². The highest BCUT2D eigenvalue weighted by atomic mass is 15.3. The van der Waals surface area contributed by atoms with Crippen LogP contribution >= 0.6 is 0 Å². The van der Waals surface area contributed by atoms with Crippen molar-refractivity contribution in [3.63, 3.8) is 0 Å². The first-order chi connectivity index (χ1) is 7.99. The van der Waals surface area contributed by atoms with Gasteiger partial charge in [0, 0.05) is 24.2 Å². The van der Waals surface area contributed by atoms with E-state index in [4.69, 9.17) is 5.73 Å². The third-order valence-electron chi connectivity index (χ3n) is 2.82. The number of hydrogen-bond donors (Lipinski definition) is 1. The van der Waals surface area contributed by atoms with Crippen molar-refractivity contribution in [2.75, 3.05) is 5.73 Å². The van der Waals surface area contributed by atoms with Gasteiger partial charge in [0.1, 0.15) is 0 Å². The van der Waals surface area contributed by atoms with Gasteiger partial charge in [0.05, 0.1) is 0 Å². The predicted molar refractivity (Wildman–Crippen MR) is 69.7 cm³/mol. The van der Waals surface area contributed by atoms with Crippen LogP contribution in [0.5, 0.6) is 0 Å². The van der Waals surface area contributed by atoms with Gasteiger partial charge in [-0.05, 0) is 30.7 Å². The molecule has 1 aromatic heterocycles. The Balaban J connectivity index is 2.49. The first-order valence-corrected chi connectivity index (χ1v) is 5.76. The van der Waals surface area contributed by atoms with E-state index >= 15 is 0 Å². The van der Waals surface area contributed by atoms with Crippen LogP contribution in [-0.4, -0.2) is 14.8 Å². The molecule has 0 amide bonds. The minimum absolute atomic E-state index is 0.338. The van der Waals surface area contributed by atoms with Gasteiger partial charge < -0.3 is 5.73 Å². The van der Waals surface area contributed by atoms with Gasteiger partial charge in [-0.1, -0.05) is 13.8 Å². The molecule has 90 valence electrons. The zero-order valence-corrected chi connectivity index (χ0v) is 10.7. The normalized spacial score (nSPS) is 11.1. The molecule has 0 bridgehead atoms. The second-order valence-electron chi connectivity index (χ2n) is 4.64. The fraction of sp³-hybridized carbons (Fsp3) is 0.385.